The van der Waals surface area contributed by atoms with Crippen molar-refractivity contribution in [1.82, 2.24) is 19.7 Å². The molecule has 0 spiro atoms. The van der Waals surface area contributed by atoms with Crippen LogP contribution in [0.15, 0.2) is 30.5 Å². The number of nitrogens with two attached hydrogens (primary N) is 1. The number of halogens is 1. The second kappa shape index (κ2) is 8.04. The van der Waals surface area contributed by atoms with E-state index < -0.39 is 11.9 Å². The topological polar surface area (TPSA) is 98.7 Å². The van der Waals surface area contributed by atoms with Crippen molar-refractivity contribution in [2.24, 2.45) is 7.05 Å². The Balaban J connectivity index is 1.80. The summed E-state index contributed by atoms with van der Waals surface area (Å²) in [6.07, 6.45) is 1.68. The van der Waals surface area contributed by atoms with Gasteiger partial charge in [-0.05, 0) is 29.8 Å². The highest BCUT2D eigenvalue weighted by atomic mass is 19.1. The molecule has 2 aliphatic rings. The summed E-state index contributed by atoms with van der Waals surface area (Å²) in [6, 6.07) is 5.78. The first-order valence-corrected chi connectivity index (χ1v) is 10.6. The zero-order valence-corrected chi connectivity index (χ0v) is 18.7. The maximum Gasteiger partial charge on any atom is 0.254 e. The quantitative estimate of drug-likeness (QED) is 0.605. The number of hydrogen-bond donors (Lipinski definition) is 1. The summed E-state index contributed by atoms with van der Waals surface area (Å²) in [4.78, 5) is 21.6. The van der Waals surface area contributed by atoms with E-state index in [1.54, 1.807) is 37.0 Å². The van der Waals surface area contributed by atoms with Gasteiger partial charge in [-0.3, -0.25) is 4.79 Å². The standard InChI is InChI=1S/C23H25FN6O3/c1-28-11-17-20(23(32-3)29(2)27-17)13-8-18(21(25)26-10-13)30-6-7-33-12-19(30)16-9-14(24)4-5-15(16)22(28)31/h4-5,8-10,19H,6-7,11-12H2,1-3H3,(H2,25,26)/t19-/m1/s1. The van der Waals surface area contributed by atoms with Crippen LogP contribution >= 0.6 is 0 Å². The summed E-state index contributed by atoms with van der Waals surface area (Å²) < 4.78 is 27.4. The molecule has 0 saturated carbocycles. The van der Waals surface area contributed by atoms with Gasteiger partial charge in [0.1, 0.15) is 11.6 Å². The molecule has 2 N–H and O–H groups in total. The number of morpholine rings is 1. The van der Waals surface area contributed by atoms with E-state index in [1.165, 1.54) is 18.2 Å². The average Bonchev–Trinajstić information content (AvgIpc) is 3.12. The van der Waals surface area contributed by atoms with E-state index in [0.717, 1.165) is 11.1 Å². The molecule has 2 bridgehead atoms. The third-order valence-corrected chi connectivity index (χ3v) is 6.22. The van der Waals surface area contributed by atoms with Crippen LogP contribution in [0, 0.1) is 5.82 Å². The first-order chi connectivity index (χ1) is 15.9. The number of pyridine rings is 1. The molecule has 5 rings (SSSR count). The number of nitrogen functional groups attached to an aromatic ring is 1. The minimum Gasteiger partial charge on any atom is -0.481 e. The SMILES string of the molecule is COc1c2c(nn1C)CN(C)C(=O)c1ccc(F)cc1[C@H]1COCCN1c1cc-2cnc1N. The number of aromatic nitrogens is 3. The number of hydrogen-bond acceptors (Lipinski definition) is 7. The summed E-state index contributed by atoms with van der Waals surface area (Å²) in [5, 5.41) is 4.61. The van der Waals surface area contributed by atoms with Crippen molar-refractivity contribution in [3.63, 3.8) is 0 Å². The van der Waals surface area contributed by atoms with Crippen LogP contribution in [0.3, 0.4) is 0 Å². The fourth-order valence-electron chi connectivity index (χ4n) is 4.68. The van der Waals surface area contributed by atoms with E-state index in [-0.39, 0.29) is 12.5 Å². The molecule has 1 atom stereocenters. The van der Waals surface area contributed by atoms with Crippen molar-refractivity contribution in [2.75, 3.05) is 44.5 Å². The number of amides is 1. The molecule has 1 amide bonds. The van der Waals surface area contributed by atoms with E-state index in [9.17, 15) is 9.18 Å². The van der Waals surface area contributed by atoms with E-state index >= 15 is 0 Å². The maximum atomic E-state index is 14.4. The molecule has 1 saturated heterocycles. The molecular formula is C23H25FN6O3. The molecule has 4 heterocycles. The lowest BCUT2D eigenvalue weighted by Crippen LogP contribution is -2.41. The van der Waals surface area contributed by atoms with Crippen molar-refractivity contribution in [1.29, 1.82) is 0 Å². The Hall–Kier alpha value is -3.66. The normalized spacial score (nSPS) is 18.1. The van der Waals surface area contributed by atoms with E-state index in [4.69, 9.17) is 15.2 Å². The van der Waals surface area contributed by atoms with Gasteiger partial charge >= 0.3 is 0 Å². The maximum absolute atomic E-state index is 14.4. The second-order valence-corrected chi connectivity index (χ2v) is 8.26. The largest absolute Gasteiger partial charge is 0.481 e. The first-order valence-electron chi connectivity index (χ1n) is 10.6. The highest BCUT2D eigenvalue weighted by Crippen LogP contribution is 2.40. The number of nitrogens with zero attached hydrogens (tertiary/aromatic N) is 5. The van der Waals surface area contributed by atoms with Crippen molar-refractivity contribution in [2.45, 2.75) is 12.6 Å². The highest BCUT2D eigenvalue weighted by Gasteiger charge is 2.33. The molecule has 10 heteroatoms. The lowest BCUT2D eigenvalue weighted by Gasteiger charge is -2.39. The van der Waals surface area contributed by atoms with Crippen LogP contribution in [0.5, 0.6) is 5.88 Å². The Morgan fingerprint density at radius 2 is 2.09 bits per heavy atom. The van der Waals surface area contributed by atoms with Crippen LogP contribution in [0.4, 0.5) is 15.9 Å². The zero-order chi connectivity index (χ0) is 23.3. The van der Waals surface area contributed by atoms with Crippen LogP contribution in [0.1, 0.15) is 27.7 Å². The van der Waals surface area contributed by atoms with Crippen molar-refractivity contribution in [3.8, 4) is 17.0 Å². The number of rotatable bonds is 1. The molecular weight excluding hydrogens is 427 g/mol. The van der Waals surface area contributed by atoms with Gasteiger partial charge in [0.05, 0.1) is 49.9 Å². The predicted octanol–water partition coefficient (Wildman–Crippen LogP) is 2.38. The van der Waals surface area contributed by atoms with Gasteiger partial charge in [0.25, 0.3) is 5.91 Å². The minimum absolute atomic E-state index is 0.229. The fourth-order valence-corrected chi connectivity index (χ4v) is 4.68. The van der Waals surface area contributed by atoms with Crippen molar-refractivity contribution < 1.29 is 18.7 Å². The summed E-state index contributed by atoms with van der Waals surface area (Å²) >= 11 is 0. The molecule has 1 aromatic carbocycles. The average molecular weight is 452 g/mol. The van der Waals surface area contributed by atoms with Gasteiger partial charge in [0.15, 0.2) is 0 Å². The Labute approximate surface area is 190 Å². The lowest BCUT2D eigenvalue weighted by atomic mass is 9.96. The molecule has 9 nitrogen and oxygen atoms in total. The molecule has 2 aromatic heterocycles. The number of fused-ring (bicyclic) bond motifs is 8. The van der Waals surface area contributed by atoms with E-state index in [0.29, 0.717) is 54.0 Å². The molecule has 2 aliphatic heterocycles. The van der Waals surface area contributed by atoms with Crippen LogP contribution in [0.2, 0.25) is 0 Å². The van der Waals surface area contributed by atoms with Crippen LogP contribution < -0.4 is 15.4 Å². The molecule has 0 radical (unpaired) electrons. The monoisotopic (exact) mass is 452 g/mol. The zero-order valence-electron chi connectivity index (χ0n) is 18.7. The van der Waals surface area contributed by atoms with Gasteiger partial charge < -0.3 is 25.0 Å². The molecule has 3 aromatic rings. The fraction of sp³-hybridized carbons (Fsp3) is 0.348. The third-order valence-electron chi connectivity index (χ3n) is 6.22. The third kappa shape index (κ3) is 3.46. The van der Waals surface area contributed by atoms with E-state index in [2.05, 4.69) is 10.1 Å². The highest BCUT2D eigenvalue weighted by molar-refractivity contribution is 5.96. The van der Waals surface area contributed by atoms with Gasteiger partial charge in [0, 0.05) is 38.0 Å². The number of benzene rings is 1. The number of ether oxygens (including phenoxy) is 2. The number of aryl methyl sites for hydroxylation is 1. The smallest absolute Gasteiger partial charge is 0.254 e. The second-order valence-electron chi connectivity index (χ2n) is 8.26. The van der Waals surface area contributed by atoms with Gasteiger partial charge in [-0.25, -0.2) is 14.1 Å². The van der Waals surface area contributed by atoms with E-state index in [1.807, 2.05) is 11.0 Å². The van der Waals surface area contributed by atoms with Crippen LogP contribution in [0.25, 0.3) is 11.1 Å². The van der Waals surface area contributed by atoms with Crippen molar-refractivity contribution in [3.05, 3.63) is 53.1 Å². The minimum atomic E-state index is -0.418. The molecule has 33 heavy (non-hydrogen) atoms. The van der Waals surface area contributed by atoms with Gasteiger partial charge in [-0.2, -0.15) is 5.10 Å². The molecule has 0 unspecified atom stereocenters. The number of methoxy groups -OCH3 is 1. The van der Waals surface area contributed by atoms with Gasteiger partial charge in [-0.1, -0.05) is 0 Å². The summed E-state index contributed by atoms with van der Waals surface area (Å²) in [7, 11) is 5.07. The van der Waals surface area contributed by atoms with Crippen LogP contribution in [-0.2, 0) is 18.3 Å². The van der Waals surface area contributed by atoms with Crippen LogP contribution in [-0.4, -0.2) is 59.5 Å². The lowest BCUT2D eigenvalue weighted by molar-refractivity contribution is 0.0772. The number of carbonyl (C=O) groups is 1. The Bertz CT molecular complexity index is 1240. The summed E-state index contributed by atoms with van der Waals surface area (Å²) in [5.41, 5.74) is 10.1. The number of anilines is 2. The Kier molecular flexibility index (Phi) is 5.16. The number of carbonyl (C=O) groups excluding carboxylic acids is 1. The summed E-state index contributed by atoms with van der Waals surface area (Å²) in [6.45, 7) is 1.50. The molecule has 172 valence electrons. The Morgan fingerprint density at radius 1 is 1.27 bits per heavy atom. The predicted molar refractivity (Wildman–Crippen MR) is 121 cm³/mol. The first kappa shape index (κ1) is 21.2. The van der Waals surface area contributed by atoms with Gasteiger partial charge in [-0.15, -0.1) is 0 Å². The Morgan fingerprint density at radius 3 is 2.88 bits per heavy atom. The molecule has 0 aliphatic carbocycles. The summed E-state index contributed by atoms with van der Waals surface area (Å²) in [5.74, 6) is 0.245. The molecule has 1 fully saturated rings. The van der Waals surface area contributed by atoms with Crippen molar-refractivity contribution >= 4 is 17.4 Å². The van der Waals surface area contributed by atoms with Gasteiger partial charge in [0.2, 0.25) is 5.88 Å².